The zero-order valence-corrected chi connectivity index (χ0v) is 17.5. The van der Waals surface area contributed by atoms with E-state index in [1.54, 1.807) is 13.3 Å². The topological polar surface area (TPSA) is 66.0 Å². The zero-order valence-electron chi connectivity index (χ0n) is 16.8. The lowest BCUT2D eigenvalue weighted by Gasteiger charge is -2.04. The Morgan fingerprint density at radius 2 is 2.21 bits per heavy atom. The molecule has 0 radical (unpaired) electrons. The van der Waals surface area contributed by atoms with Gasteiger partial charge in [-0.2, -0.15) is 0 Å². The quantitative estimate of drug-likeness (QED) is 0.631. The summed E-state index contributed by atoms with van der Waals surface area (Å²) in [6.45, 7) is 3.65. The number of fused-ring (bicyclic) bond motifs is 1. The van der Waals surface area contributed by atoms with Crippen molar-refractivity contribution in [3.8, 4) is 23.1 Å². The summed E-state index contributed by atoms with van der Waals surface area (Å²) < 4.78 is 7.42. The van der Waals surface area contributed by atoms with Gasteiger partial charge in [0, 0.05) is 47.8 Å². The van der Waals surface area contributed by atoms with Gasteiger partial charge in [0.2, 0.25) is 5.95 Å². The molecule has 1 unspecified atom stereocenters. The molecule has 1 fully saturated rings. The minimum atomic E-state index is 0.202. The highest BCUT2D eigenvalue weighted by Crippen LogP contribution is 2.34. The second-order valence-electron chi connectivity index (χ2n) is 7.77. The summed E-state index contributed by atoms with van der Waals surface area (Å²) in [5, 5.41) is 1.52. The Morgan fingerprint density at radius 1 is 1.34 bits per heavy atom. The summed E-state index contributed by atoms with van der Waals surface area (Å²) in [6.07, 6.45) is 7.27. The minimum Gasteiger partial charge on any atom is -0.383 e. The maximum Gasteiger partial charge on any atom is 0.220 e. The van der Waals surface area contributed by atoms with Crippen molar-refractivity contribution in [2.75, 3.05) is 19.5 Å². The number of benzene rings is 1. The molecule has 0 spiro atoms. The molecule has 6 heteroatoms. The molecule has 2 heterocycles. The van der Waals surface area contributed by atoms with Crippen LogP contribution in [0, 0.1) is 23.7 Å². The van der Waals surface area contributed by atoms with E-state index >= 15 is 0 Å². The number of nitrogens with zero attached hydrogens (tertiary/aromatic N) is 3. The Balaban J connectivity index is 1.79. The summed E-state index contributed by atoms with van der Waals surface area (Å²) in [6, 6.07) is 6.30. The SMILES string of the molecule is COCCn1cc(-c2nc(N)ncc2Cl)c2cc(C#CC3CC[C@@H](C)C3)ccc21. The molecule has 2 atom stereocenters. The predicted molar refractivity (Wildman–Crippen MR) is 118 cm³/mol. The Hall–Kier alpha value is -2.55. The number of hydrogen-bond acceptors (Lipinski definition) is 4. The van der Waals surface area contributed by atoms with Gasteiger partial charge >= 0.3 is 0 Å². The molecule has 1 aliphatic carbocycles. The van der Waals surface area contributed by atoms with E-state index in [0.717, 1.165) is 34.5 Å². The van der Waals surface area contributed by atoms with Crippen LogP contribution in [-0.2, 0) is 11.3 Å². The van der Waals surface area contributed by atoms with Gasteiger partial charge in [0.25, 0.3) is 0 Å². The maximum absolute atomic E-state index is 6.40. The zero-order chi connectivity index (χ0) is 20.4. The van der Waals surface area contributed by atoms with Crippen molar-refractivity contribution in [2.45, 2.75) is 32.7 Å². The Labute approximate surface area is 176 Å². The third kappa shape index (κ3) is 4.24. The van der Waals surface area contributed by atoms with Crippen LogP contribution in [0.25, 0.3) is 22.2 Å². The first-order valence-corrected chi connectivity index (χ1v) is 10.3. The molecular weight excluding hydrogens is 384 g/mol. The summed E-state index contributed by atoms with van der Waals surface area (Å²) in [5.41, 5.74) is 9.47. The van der Waals surface area contributed by atoms with Crippen molar-refractivity contribution < 1.29 is 4.74 Å². The average molecular weight is 409 g/mol. The lowest BCUT2D eigenvalue weighted by molar-refractivity contribution is 0.188. The van der Waals surface area contributed by atoms with Gasteiger partial charge in [-0.1, -0.05) is 30.4 Å². The van der Waals surface area contributed by atoms with Gasteiger partial charge in [0.05, 0.1) is 23.5 Å². The van der Waals surface area contributed by atoms with Gasteiger partial charge in [0.15, 0.2) is 0 Å². The third-order valence-corrected chi connectivity index (χ3v) is 5.83. The van der Waals surface area contributed by atoms with Crippen LogP contribution in [0.15, 0.2) is 30.6 Å². The van der Waals surface area contributed by atoms with Gasteiger partial charge in [-0.3, -0.25) is 0 Å². The number of halogens is 1. The second kappa shape index (κ2) is 8.44. The number of ether oxygens (including phenoxy) is 1. The summed E-state index contributed by atoms with van der Waals surface area (Å²) in [4.78, 5) is 8.37. The highest BCUT2D eigenvalue weighted by molar-refractivity contribution is 6.33. The molecule has 2 N–H and O–H groups in total. The second-order valence-corrected chi connectivity index (χ2v) is 8.18. The molecule has 0 amide bonds. The summed E-state index contributed by atoms with van der Waals surface area (Å²) in [7, 11) is 1.70. The van der Waals surface area contributed by atoms with Crippen molar-refractivity contribution in [1.82, 2.24) is 14.5 Å². The van der Waals surface area contributed by atoms with Gasteiger partial charge < -0.3 is 15.0 Å². The van der Waals surface area contributed by atoms with Crippen molar-refractivity contribution >= 4 is 28.5 Å². The molecule has 0 aliphatic heterocycles. The van der Waals surface area contributed by atoms with E-state index in [-0.39, 0.29) is 5.95 Å². The molecule has 1 aromatic carbocycles. The van der Waals surface area contributed by atoms with Crippen molar-refractivity contribution in [1.29, 1.82) is 0 Å². The molecule has 150 valence electrons. The summed E-state index contributed by atoms with van der Waals surface area (Å²) >= 11 is 6.40. The van der Waals surface area contributed by atoms with Gasteiger partial charge in [-0.05, 0) is 43.4 Å². The summed E-state index contributed by atoms with van der Waals surface area (Å²) in [5.74, 6) is 8.33. The molecule has 1 saturated carbocycles. The van der Waals surface area contributed by atoms with Crippen LogP contribution in [0.2, 0.25) is 5.02 Å². The average Bonchev–Trinajstić information content (AvgIpc) is 3.29. The van der Waals surface area contributed by atoms with Crippen LogP contribution >= 0.6 is 11.6 Å². The fraction of sp³-hybridized carbons (Fsp3) is 0.391. The molecule has 2 aromatic heterocycles. The van der Waals surface area contributed by atoms with E-state index in [1.165, 1.54) is 19.3 Å². The van der Waals surface area contributed by atoms with E-state index in [1.807, 2.05) is 6.20 Å². The van der Waals surface area contributed by atoms with E-state index in [2.05, 4.69) is 51.5 Å². The monoisotopic (exact) mass is 408 g/mol. The number of methoxy groups -OCH3 is 1. The molecule has 0 saturated heterocycles. The molecular formula is C23H25ClN4O. The number of anilines is 1. The van der Waals surface area contributed by atoms with Crippen LogP contribution < -0.4 is 5.73 Å². The number of nitrogen functional groups attached to an aromatic ring is 1. The number of nitrogens with two attached hydrogens (primary N) is 1. The van der Waals surface area contributed by atoms with Gasteiger partial charge in [-0.25, -0.2) is 9.97 Å². The molecule has 4 rings (SSSR count). The van der Waals surface area contributed by atoms with Gasteiger partial charge in [0.1, 0.15) is 0 Å². The van der Waals surface area contributed by atoms with Crippen molar-refractivity contribution in [2.24, 2.45) is 11.8 Å². The first-order valence-electron chi connectivity index (χ1n) is 9.97. The van der Waals surface area contributed by atoms with Crippen LogP contribution in [0.3, 0.4) is 0 Å². The molecule has 5 nitrogen and oxygen atoms in total. The standard InChI is InChI=1S/C23H25ClN4O/c1-15-3-4-16(11-15)5-6-17-7-8-21-18(12-17)19(14-28(21)9-10-29-2)22-20(24)13-26-23(25)27-22/h7-8,12-16H,3-4,9-11H2,1-2H3,(H2,25,26,27)/t15-,16?/m1/s1. The van der Waals surface area contributed by atoms with Crippen molar-refractivity contribution in [3.63, 3.8) is 0 Å². The maximum atomic E-state index is 6.40. The molecule has 29 heavy (non-hydrogen) atoms. The lowest BCUT2D eigenvalue weighted by atomic mass is 10.0. The first-order chi connectivity index (χ1) is 14.0. The van der Waals surface area contributed by atoms with Crippen LogP contribution in [0.4, 0.5) is 5.95 Å². The molecule has 3 aromatic rings. The fourth-order valence-corrected chi connectivity index (χ4v) is 4.22. The minimum absolute atomic E-state index is 0.202. The smallest absolute Gasteiger partial charge is 0.220 e. The Kier molecular flexibility index (Phi) is 5.75. The first kappa shape index (κ1) is 19.8. The highest BCUT2D eigenvalue weighted by atomic mass is 35.5. The third-order valence-electron chi connectivity index (χ3n) is 5.55. The number of rotatable bonds is 4. The predicted octanol–water partition coefficient (Wildman–Crippen LogP) is 4.77. The van der Waals surface area contributed by atoms with E-state index in [4.69, 9.17) is 22.1 Å². The Morgan fingerprint density at radius 3 is 2.97 bits per heavy atom. The van der Waals surface area contributed by atoms with E-state index in [0.29, 0.717) is 23.2 Å². The largest absolute Gasteiger partial charge is 0.383 e. The van der Waals surface area contributed by atoms with Crippen LogP contribution in [-0.4, -0.2) is 28.3 Å². The highest BCUT2D eigenvalue weighted by Gasteiger charge is 2.19. The molecule has 1 aliphatic rings. The van der Waals surface area contributed by atoms with Crippen molar-refractivity contribution in [3.05, 3.63) is 41.2 Å². The normalized spacial score (nSPS) is 18.7. The lowest BCUT2D eigenvalue weighted by Crippen LogP contribution is -2.02. The number of aromatic nitrogens is 3. The van der Waals surface area contributed by atoms with E-state index < -0.39 is 0 Å². The Bertz CT molecular complexity index is 1100. The fourth-order valence-electron chi connectivity index (χ4n) is 4.03. The van der Waals surface area contributed by atoms with Crippen LogP contribution in [0.5, 0.6) is 0 Å². The van der Waals surface area contributed by atoms with Gasteiger partial charge in [-0.15, -0.1) is 0 Å². The number of hydrogen-bond donors (Lipinski definition) is 1. The molecule has 0 bridgehead atoms. The van der Waals surface area contributed by atoms with E-state index in [9.17, 15) is 0 Å². The van der Waals surface area contributed by atoms with Crippen LogP contribution in [0.1, 0.15) is 31.7 Å².